The van der Waals surface area contributed by atoms with Crippen molar-refractivity contribution in [3.8, 4) is 0 Å². The Morgan fingerprint density at radius 3 is 2.20 bits per heavy atom. The summed E-state index contributed by atoms with van der Waals surface area (Å²) in [5.74, 6) is -0.869. The third-order valence-corrected chi connectivity index (χ3v) is 7.66. The van der Waals surface area contributed by atoms with Crippen molar-refractivity contribution in [3.05, 3.63) is 110 Å². The van der Waals surface area contributed by atoms with Crippen LogP contribution in [0.25, 0.3) is 17.2 Å². The van der Waals surface area contributed by atoms with E-state index in [0.717, 1.165) is 43.2 Å². The molecule has 0 heterocycles. The average Bonchev–Trinajstić information content (AvgIpc) is 3.05. The van der Waals surface area contributed by atoms with Gasteiger partial charge in [-0.05, 0) is 121 Å². The average molecular weight is 465 g/mol. The lowest BCUT2D eigenvalue weighted by atomic mass is 9.84. The van der Waals surface area contributed by atoms with E-state index in [1.165, 1.54) is 50.1 Å². The van der Waals surface area contributed by atoms with Crippen LogP contribution in [0, 0.1) is 20.8 Å². The molecular weight excluding hydrogens is 428 g/mol. The van der Waals surface area contributed by atoms with E-state index in [1.807, 2.05) is 12.1 Å². The highest BCUT2D eigenvalue weighted by Gasteiger charge is 2.22. The van der Waals surface area contributed by atoms with Gasteiger partial charge in [0, 0.05) is 0 Å². The van der Waals surface area contributed by atoms with Crippen LogP contribution in [0.3, 0.4) is 0 Å². The molecular formula is C33H36O2. The number of fused-ring (bicyclic) bond motifs is 1. The molecule has 2 nitrogen and oxygen atoms in total. The van der Waals surface area contributed by atoms with Gasteiger partial charge in [0.25, 0.3) is 0 Å². The second kappa shape index (κ2) is 10.5. The minimum absolute atomic E-state index is 0.362. The summed E-state index contributed by atoms with van der Waals surface area (Å²) < 4.78 is 0. The van der Waals surface area contributed by atoms with Crippen LogP contribution in [0.5, 0.6) is 0 Å². The number of aryl methyl sites for hydroxylation is 2. The summed E-state index contributed by atoms with van der Waals surface area (Å²) in [6, 6.07) is 19.1. The first kappa shape index (κ1) is 24.7. The van der Waals surface area contributed by atoms with Gasteiger partial charge in [0.15, 0.2) is 0 Å². The quantitative estimate of drug-likeness (QED) is 0.396. The Balaban J connectivity index is 1.96. The van der Waals surface area contributed by atoms with Gasteiger partial charge in [-0.1, -0.05) is 68.0 Å². The van der Waals surface area contributed by atoms with Crippen LogP contribution in [0.15, 0.2) is 60.2 Å². The number of carboxylic acid groups (broad SMARTS) is 1. The molecule has 0 atom stereocenters. The minimum Gasteiger partial charge on any atom is -0.478 e. The Morgan fingerprint density at radius 2 is 1.54 bits per heavy atom. The number of benzene rings is 3. The maximum atomic E-state index is 11.7. The number of hydrogen-bond acceptors (Lipinski definition) is 1. The molecule has 3 aromatic carbocycles. The fourth-order valence-corrected chi connectivity index (χ4v) is 5.24. The molecule has 35 heavy (non-hydrogen) atoms. The second-order valence-corrected chi connectivity index (χ2v) is 9.70. The van der Waals surface area contributed by atoms with E-state index in [4.69, 9.17) is 0 Å². The van der Waals surface area contributed by atoms with Crippen molar-refractivity contribution in [1.29, 1.82) is 0 Å². The maximum Gasteiger partial charge on any atom is 0.335 e. The monoisotopic (exact) mass is 464 g/mol. The van der Waals surface area contributed by atoms with Crippen LogP contribution >= 0.6 is 0 Å². The van der Waals surface area contributed by atoms with Gasteiger partial charge in [-0.2, -0.15) is 0 Å². The van der Waals surface area contributed by atoms with Crippen LogP contribution in [-0.2, 0) is 6.42 Å². The zero-order valence-corrected chi connectivity index (χ0v) is 21.7. The maximum absolute atomic E-state index is 11.7. The number of aromatic carboxylic acids is 1. The highest BCUT2D eigenvalue weighted by Crippen LogP contribution is 2.41. The van der Waals surface area contributed by atoms with Gasteiger partial charge in [-0.25, -0.2) is 4.79 Å². The number of rotatable bonds is 6. The summed E-state index contributed by atoms with van der Waals surface area (Å²) >= 11 is 0. The predicted octanol–water partition coefficient (Wildman–Crippen LogP) is 8.81. The molecule has 0 spiro atoms. The molecule has 0 aromatic heterocycles. The summed E-state index contributed by atoms with van der Waals surface area (Å²) in [5, 5.41) is 9.59. The third kappa shape index (κ3) is 5.03. The number of carbonyl (C=O) groups is 1. The Morgan fingerprint density at radius 1 is 0.857 bits per heavy atom. The van der Waals surface area contributed by atoms with Crippen molar-refractivity contribution < 1.29 is 9.90 Å². The van der Waals surface area contributed by atoms with Crippen LogP contribution < -0.4 is 0 Å². The van der Waals surface area contributed by atoms with Crippen LogP contribution in [0.2, 0.25) is 0 Å². The van der Waals surface area contributed by atoms with Gasteiger partial charge in [-0.3, -0.25) is 0 Å². The highest BCUT2D eigenvalue weighted by atomic mass is 16.4. The smallest absolute Gasteiger partial charge is 0.335 e. The number of carboxylic acids is 1. The first-order valence-corrected chi connectivity index (χ1v) is 12.8. The molecule has 3 aromatic rings. The van der Waals surface area contributed by atoms with Gasteiger partial charge in [0.1, 0.15) is 0 Å². The van der Waals surface area contributed by atoms with Crippen molar-refractivity contribution in [1.82, 2.24) is 0 Å². The summed E-state index contributed by atoms with van der Waals surface area (Å²) in [4.78, 5) is 11.7. The fraction of sp³-hybridized carbons (Fsp3) is 0.303. The Bertz CT molecular complexity index is 1310. The van der Waals surface area contributed by atoms with Crippen LogP contribution in [-0.4, -0.2) is 11.1 Å². The van der Waals surface area contributed by atoms with E-state index in [9.17, 15) is 9.90 Å². The summed E-state index contributed by atoms with van der Waals surface area (Å²) in [6.07, 6.45) is 7.28. The third-order valence-electron chi connectivity index (χ3n) is 7.66. The fourth-order valence-electron chi connectivity index (χ4n) is 5.24. The standard InChI is InChI=1S/C33H36O2/c1-6-24(7-2)19-25-12-14-26(15-13-25)32-30-18-16-28(33(34)35)20-27(30)9-8-10-31(32)29-17-11-21(3)22(4)23(29)5/h11-20H,6-10H2,1-5H3,(H,34,35). The van der Waals surface area contributed by atoms with Crippen molar-refractivity contribution in [2.75, 3.05) is 0 Å². The van der Waals surface area contributed by atoms with Crippen LogP contribution in [0.1, 0.15) is 94.4 Å². The lowest BCUT2D eigenvalue weighted by Crippen LogP contribution is -2.02. The largest absolute Gasteiger partial charge is 0.478 e. The summed E-state index contributed by atoms with van der Waals surface area (Å²) in [5.41, 5.74) is 14.4. The van der Waals surface area contributed by atoms with Gasteiger partial charge in [-0.15, -0.1) is 0 Å². The molecule has 1 N–H and O–H groups in total. The number of hydrogen-bond donors (Lipinski definition) is 1. The van der Waals surface area contributed by atoms with Gasteiger partial charge in [0.2, 0.25) is 0 Å². The molecule has 0 saturated carbocycles. The molecule has 1 aliphatic rings. The molecule has 0 radical (unpaired) electrons. The molecule has 0 aliphatic heterocycles. The van der Waals surface area contributed by atoms with Crippen molar-refractivity contribution in [2.45, 2.75) is 66.7 Å². The lowest BCUT2D eigenvalue weighted by molar-refractivity contribution is 0.0696. The second-order valence-electron chi connectivity index (χ2n) is 9.70. The predicted molar refractivity (Wildman–Crippen MR) is 148 cm³/mol. The zero-order chi connectivity index (χ0) is 25.1. The Labute approximate surface area is 210 Å². The highest BCUT2D eigenvalue weighted by molar-refractivity contribution is 6.01. The Hall–Kier alpha value is -3.39. The zero-order valence-electron chi connectivity index (χ0n) is 21.7. The molecule has 0 saturated heterocycles. The lowest BCUT2D eigenvalue weighted by Gasteiger charge is -2.20. The van der Waals surface area contributed by atoms with Crippen LogP contribution in [0.4, 0.5) is 0 Å². The first-order valence-electron chi connectivity index (χ1n) is 12.8. The topological polar surface area (TPSA) is 37.3 Å². The summed E-state index contributed by atoms with van der Waals surface area (Å²) in [6.45, 7) is 11.0. The van der Waals surface area contributed by atoms with Gasteiger partial charge < -0.3 is 5.11 Å². The van der Waals surface area contributed by atoms with Gasteiger partial charge in [0.05, 0.1) is 5.56 Å². The van der Waals surface area contributed by atoms with Crippen molar-refractivity contribution in [3.63, 3.8) is 0 Å². The number of allylic oxidation sites excluding steroid dienone is 2. The molecule has 0 amide bonds. The molecule has 1 aliphatic carbocycles. The van der Waals surface area contributed by atoms with E-state index in [-0.39, 0.29) is 0 Å². The van der Waals surface area contributed by atoms with E-state index in [1.54, 1.807) is 6.07 Å². The molecule has 180 valence electrons. The normalized spacial score (nSPS) is 13.3. The molecule has 2 heteroatoms. The first-order chi connectivity index (χ1) is 16.8. The van der Waals surface area contributed by atoms with Crippen molar-refractivity contribution in [2.24, 2.45) is 0 Å². The van der Waals surface area contributed by atoms with Gasteiger partial charge >= 0.3 is 5.97 Å². The van der Waals surface area contributed by atoms with E-state index >= 15 is 0 Å². The van der Waals surface area contributed by atoms with Crippen molar-refractivity contribution >= 4 is 23.2 Å². The molecule has 4 rings (SSSR count). The minimum atomic E-state index is -0.869. The molecule has 0 bridgehead atoms. The molecule has 0 fully saturated rings. The summed E-state index contributed by atoms with van der Waals surface area (Å²) in [7, 11) is 0. The van der Waals surface area contributed by atoms with E-state index < -0.39 is 5.97 Å². The Kier molecular flexibility index (Phi) is 7.40. The molecule has 0 unspecified atom stereocenters. The van der Waals surface area contributed by atoms with E-state index in [0.29, 0.717) is 5.56 Å². The SMILES string of the molecule is CCC(=Cc1ccc(C2=C(c3ccc(C)c(C)c3C)CCCc3cc(C(=O)O)ccc32)cc1)CC. The van der Waals surface area contributed by atoms with E-state index in [2.05, 4.69) is 77.1 Å².